The molecule has 0 fully saturated rings. The molecule has 0 aliphatic heterocycles. The fourth-order valence-electron chi connectivity index (χ4n) is 1.17. The van der Waals surface area contributed by atoms with Gasteiger partial charge in [0.05, 0.1) is 6.10 Å². The van der Waals surface area contributed by atoms with Gasteiger partial charge in [-0.25, -0.2) is 0 Å². The topological polar surface area (TPSA) is 26.3 Å². The molecule has 15 heavy (non-hydrogen) atoms. The molecule has 1 rings (SSSR count). The van der Waals surface area contributed by atoms with Gasteiger partial charge < -0.3 is 4.74 Å². The Morgan fingerprint density at radius 1 is 1.60 bits per heavy atom. The Hall–Kier alpha value is 0.0600. The maximum absolute atomic E-state index is 11.9. The summed E-state index contributed by atoms with van der Waals surface area (Å²) in [5.41, 5.74) is 0.758. The molecule has 82 valence electrons. The minimum absolute atomic E-state index is 0.0349. The molecule has 1 unspecified atom stereocenters. The van der Waals surface area contributed by atoms with E-state index in [1.165, 1.54) is 0 Å². The average Bonchev–Trinajstić information content (AvgIpc) is 2.21. The van der Waals surface area contributed by atoms with Gasteiger partial charge in [-0.15, -0.1) is 0 Å². The van der Waals surface area contributed by atoms with E-state index in [1.54, 1.807) is 7.11 Å². The van der Waals surface area contributed by atoms with Crippen molar-refractivity contribution in [1.29, 1.82) is 0 Å². The predicted octanol–water partition coefficient (Wildman–Crippen LogP) is 3.66. The molecule has 0 bridgehead atoms. The van der Waals surface area contributed by atoms with Gasteiger partial charge in [-0.3, -0.25) is 4.79 Å². The molecule has 1 aromatic rings. The number of ether oxygens (including phenoxy) is 1. The zero-order valence-corrected chi connectivity index (χ0v) is 12.3. The van der Waals surface area contributed by atoms with E-state index in [9.17, 15) is 4.79 Å². The maximum atomic E-state index is 11.9. The van der Waals surface area contributed by atoms with Gasteiger partial charge in [0.15, 0.2) is 5.78 Å². The standard InChI is InChI=1S/C11H12BrIO2/c1-7(15-2)5-11(14)9-6-8(12)3-4-10(9)13/h3-4,6-7H,5H2,1-2H3. The van der Waals surface area contributed by atoms with Gasteiger partial charge in [-0.1, -0.05) is 15.9 Å². The van der Waals surface area contributed by atoms with Crippen molar-refractivity contribution in [1.82, 2.24) is 0 Å². The fraction of sp³-hybridized carbons (Fsp3) is 0.364. The quantitative estimate of drug-likeness (QED) is 0.586. The Labute approximate surface area is 112 Å². The molecule has 0 heterocycles. The molecule has 2 nitrogen and oxygen atoms in total. The van der Waals surface area contributed by atoms with Crippen molar-refractivity contribution in [3.8, 4) is 0 Å². The monoisotopic (exact) mass is 382 g/mol. The number of Topliss-reactive ketones (excluding diaryl/α,β-unsaturated/α-hetero) is 1. The van der Waals surface area contributed by atoms with E-state index in [1.807, 2.05) is 25.1 Å². The van der Waals surface area contributed by atoms with Crippen LogP contribution in [0.1, 0.15) is 23.7 Å². The van der Waals surface area contributed by atoms with Crippen LogP contribution in [0.3, 0.4) is 0 Å². The molecule has 0 saturated carbocycles. The molecule has 0 aromatic heterocycles. The number of ketones is 1. The van der Waals surface area contributed by atoms with Gasteiger partial charge >= 0.3 is 0 Å². The minimum Gasteiger partial charge on any atom is -0.381 e. The first-order valence-electron chi connectivity index (χ1n) is 4.55. The highest BCUT2D eigenvalue weighted by Crippen LogP contribution is 2.20. The summed E-state index contributed by atoms with van der Waals surface area (Å²) in [6.07, 6.45) is 0.385. The van der Waals surface area contributed by atoms with Crippen molar-refractivity contribution in [2.45, 2.75) is 19.4 Å². The first kappa shape index (κ1) is 13.1. The number of carbonyl (C=O) groups excluding carboxylic acids is 1. The van der Waals surface area contributed by atoms with Gasteiger partial charge in [0.25, 0.3) is 0 Å². The van der Waals surface area contributed by atoms with Crippen LogP contribution in [0.4, 0.5) is 0 Å². The highest BCUT2D eigenvalue weighted by Gasteiger charge is 2.13. The summed E-state index contributed by atoms with van der Waals surface area (Å²) in [6, 6.07) is 5.71. The Bertz CT molecular complexity index is 366. The molecular weight excluding hydrogens is 371 g/mol. The van der Waals surface area contributed by atoms with Crippen molar-refractivity contribution >= 4 is 44.3 Å². The largest absolute Gasteiger partial charge is 0.381 e. The number of benzene rings is 1. The maximum Gasteiger partial charge on any atom is 0.166 e. The van der Waals surface area contributed by atoms with Crippen LogP contribution in [0.15, 0.2) is 22.7 Å². The van der Waals surface area contributed by atoms with Crippen LogP contribution in [0.5, 0.6) is 0 Å². The van der Waals surface area contributed by atoms with Crippen LogP contribution in [-0.2, 0) is 4.74 Å². The van der Waals surface area contributed by atoms with Crippen molar-refractivity contribution in [3.63, 3.8) is 0 Å². The van der Waals surface area contributed by atoms with Crippen LogP contribution in [0, 0.1) is 3.57 Å². The molecular formula is C11H12BrIO2. The lowest BCUT2D eigenvalue weighted by Crippen LogP contribution is -2.13. The zero-order chi connectivity index (χ0) is 11.4. The number of hydrogen-bond acceptors (Lipinski definition) is 2. The second-order valence-electron chi connectivity index (χ2n) is 3.30. The number of halogens is 2. The Balaban J connectivity index is 2.86. The van der Waals surface area contributed by atoms with Crippen molar-refractivity contribution in [3.05, 3.63) is 31.8 Å². The van der Waals surface area contributed by atoms with E-state index >= 15 is 0 Å². The minimum atomic E-state index is -0.0349. The highest BCUT2D eigenvalue weighted by molar-refractivity contribution is 14.1. The summed E-state index contributed by atoms with van der Waals surface area (Å²) in [4.78, 5) is 11.9. The Kier molecular flexibility index (Phi) is 5.22. The van der Waals surface area contributed by atoms with E-state index in [0.717, 1.165) is 13.6 Å². The van der Waals surface area contributed by atoms with Gasteiger partial charge in [0.2, 0.25) is 0 Å². The van der Waals surface area contributed by atoms with E-state index in [-0.39, 0.29) is 11.9 Å². The lowest BCUT2D eigenvalue weighted by atomic mass is 10.1. The number of carbonyl (C=O) groups is 1. The Morgan fingerprint density at radius 3 is 2.87 bits per heavy atom. The second kappa shape index (κ2) is 5.96. The SMILES string of the molecule is COC(C)CC(=O)c1cc(Br)ccc1I. The third-order valence-electron chi connectivity index (χ3n) is 2.10. The summed E-state index contributed by atoms with van der Waals surface area (Å²) in [5.74, 6) is 0.120. The summed E-state index contributed by atoms with van der Waals surface area (Å²) in [5, 5.41) is 0. The third-order valence-corrected chi connectivity index (χ3v) is 3.54. The fourth-order valence-corrected chi connectivity index (χ4v) is 2.16. The number of hydrogen-bond donors (Lipinski definition) is 0. The van der Waals surface area contributed by atoms with Gasteiger partial charge in [0, 0.05) is 27.1 Å². The number of methoxy groups -OCH3 is 1. The zero-order valence-electron chi connectivity index (χ0n) is 8.59. The molecule has 0 amide bonds. The van der Waals surface area contributed by atoms with Crippen molar-refractivity contribution in [2.75, 3.05) is 7.11 Å². The van der Waals surface area contributed by atoms with Gasteiger partial charge in [0.1, 0.15) is 0 Å². The summed E-state index contributed by atoms with van der Waals surface area (Å²) in [7, 11) is 1.61. The normalized spacial score (nSPS) is 12.5. The highest BCUT2D eigenvalue weighted by atomic mass is 127. The van der Waals surface area contributed by atoms with E-state index in [2.05, 4.69) is 38.5 Å². The first-order valence-corrected chi connectivity index (χ1v) is 6.42. The lowest BCUT2D eigenvalue weighted by molar-refractivity contribution is 0.0791. The average molecular weight is 383 g/mol. The molecule has 0 N–H and O–H groups in total. The van der Waals surface area contributed by atoms with Crippen LogP contribution in [0.25, 0.3) is 0 Å². The van der Waals surface area contributed by atoms with Gasteiger partial charge in [-0.05, 0) is 47.7 Å². The Morgan fingerprint density at radius 2 is 2.27 bits per heavy atom. The molecule has 0 saturated heterocycles. The van der Waals surface area contributed by atoms with Gasteiger partial charge in [-0.2, -0.15) is 0 Å². The van der Waals surface area contributed by atoms with Crippen LogP contribution in [0.2, 0.25) is 0 Å². The third kappa shape index (κ3) is 3.85. The van der Waals surface area contributed by atoms with Crippen LogP contribution < -0.4 is 0 Å². The molecule has 1 aromatic carbocycles. The van der Waals surface area contributed by atoms with E-state index in [0.29, 0.717) is 6.42 Å². The molecule has 4 heteroatoms. The van der Waals surface area contributed by atoms with Crippen molar-refractivity contribution < 1.29 is 9.53 Å². The second-order valence-corrected chi connectivity index (χ2v) is 5.38. The van der Waals surface area contributed by atoms with Crippen LogP contribution in [-0.4, -0.2) is 19.0 Å². The molecule has 0 aliphatic rings. The molecule has 1 atom stereocenters. The van der Waals surface area contributed by atoms with Crippen molar-refractivity contribution in [2.24, 2.45) is 0 Å². The molecule has 0 aliphatic carbocycles. The smallest absolute Gasteiger partial charge is 0.166 e. The number of rotatable bonds is 4. The summed E-state index contributed by atoms with van der Waals surface area (Å²) >= 11 is 5.53. The summed E-state index contributed by atoms with van der Waals surface area (Å²) in [6.45, 7) is 1.89. The molecule has 0 spiro atoms. The van der Waals surface area contributed by atoms with E-state index < -0.39 is 0 Å². The molecule has 0 radical (unpaired) electrons. The lowest BCUT2D eigenvalue weighted by Gasteiger charge is -2.09. The van der Waals surface area contributed by atoms with E-state index in [4.69, 9.17) is 4.74 Å². The first-order chi connectivity index (χ1) is 7.04. The summed E-state index contributed by atoms with van der Waals surface area (Å²) < 4.78 is 6.98. The predicted molar refractivity (Wildman–Crippen MR) is 72.3 cm³/mol. The van der Waals surface area contributed by atoms with Crippen LogP contribution >= 0.6 is 38.5 Å².